The van der Waals surface area contributed by atoms with Crippen LogP contribution in [0, 0.1) is 6.92 Å². The molecule has 23 heavy (non-hydrogen) atoms. The van der Waals surface area contributed by atoms with Crippen LogP contribution in [-0.4, -0.2) is 63.1 Å². The van der Waals surface area contributed by atoms with E-state index in [1.807, 2.05) is 19.1 Å². The first kappa shape index (κ1) is 16.9. The Bertz CT molecular complexity index is 647. The normalized spacial score (nSPS) is 26.9. The highest BCUT2D eigenvalue weighted by molar-refractivity contribution is 7.89. The zero-order valence-corrected chi connectivity index (χ0v) is 14.8. The van der Waals surface area contributed by atoms with E-state index >= 15 is 0 Å². The first-order chi connectivity index (χ1) is 11.0. The van der Waals surface area contributed by atoms with Crippen molar-refractivity contribution in [3.05, 3.63) is 29.8 Å². The molecule has 0 spiro atoms. The van der Waals surface area contributed by atoms with E-state index in [-0.39, 0.29) is 0 Å². The maximum absolute atomic E-state index is 13.0. The third-order valence-corrected chi connectivity index (χ3v) is 7.07. The van der Waals surface area contributed by atoms with Crippen LogP contribution in [0.3, 0.4) is 0 Å². The van der Waals surface area contributed by atoms with Gasteiger partial charge in [0.25, 0.3) is 0 Å². The zero-order valence-electron chi connectivity index (χ0n) is 13.9. The van der Waals surface area contributed by atoms with Gasteiger partial charge in [-0.15, -0.1) is 0 Å². The summed E-state index contributed by atoms with van der Waals surface area (Å²) in [6.07, 6.45) is 2.97. The highest BCUT2D eigenvalue weighted by Gasteiger charge is 2.41. The lowest BCUT2D eigenvalue weighted by Gasteiger charge is -2.51. The summed E-state index contributed by atoms with van der Waals surface area (Å²) in [5, 5.41) is 0. The lowest BCUT2D eigenvalue weighted by Crippen LogP contribution is -2.62. The number of methoxy groups -OCH3 is 1. The third-order valence-electron chi connectivity index (χ3n) is 5.04. The molecule has 3 rings (SSSR count). The molecule has 0 saturated carbocycles. The highest BCUT2D eigenvalue weighted by atomic mass is 32.2. The Morgan fingerprint density at radius 2 is 1.96 bits per heavy atom. The molecule has 0 bridgehead atoms. The summed E-state index contributed by atoms with van der Waals surface area (Å²) in [5.41, 5.74) is 0.817. The van der Waals surface area contributed by atoms with Crippen molar-refractivity contribution in [2.24, 2.45) is 0 Å². The number of hydrogen-bond acceptors (Lipinski definition) is 4. The summed E-state index contributed by atoms with van der Waals surface area (Å²) in [5.74, 6) is 0. The van der Waals surface area contributed by atoms with Crippen molar-refractivity contribution in [2.75, 3.05) is 33.4 Å². The minimum Gasteiger partial charge on any atom is -0.383 e. The van der Waals surface area contributed by atoms with Crippen LogP contribution in [-0.2, 0) is 14.8 Å². The minimum absolute atomic E-state index is 0.328. The van der Waals surface area contributed by atoms with Crippen molar-refractivity contribution < 1.29 is 13.2 Å². The first-order valence-electron chi connectivity index (χ1n) is 8.34. The van der Waals surface area contributed by atoms with Crippen molar-refractivity contribution >= 4 is 10.0 Å². The molecule has 128 valence electrons. The van der Waals surface area contributed by atoms with Crippen molar-refractivity contribution in [1.29, 1.82) is 0 Å². The molecule has 2 aliphatic heterocycles. The Labute approximate surface area is 139 Å². The monoisotopic (exact) mass is 338 g/mol. The Balaban J connectivity index is 1.79. The second-order valence-corrected chi connectivity index (χ2v) is 8.48. The van der Waals surface area contributed by atoms with Gasteiger partial charge in [-0.2, -0.15) is 4.31 Å². The molecule has 2 atom stereocenters. The van der Waals surface area contributed by atoms with Gasteiger partial charge in [-0.05, 0) is 44.4 Å². The topological polar surface area (TPSA) is 49.9 Å². The summed E-state index contributed by atoms with van der Waals surface area (Å²) < 4.78 is 33.0. The fourth-order valence-corrected chi connectivity index (χ4v) is 5.50. The van der Waals surface area contributed by atoms with Crippen LogP contribution in [0.1, 0.15) is 24.8 Å². The molecule has 2 aliphatic rings. The first-order valence-corrected chi connectivity index (χ1v) is 9.78. The predicted octanol–water partition coefficient (Wildman–Crippen LogP) is 1.87. The van der Waals surface area contributed by atoms with E-state index in [1.165, 1.54) is 0 Å². The molecular weight excluding hydrogens is 312 g/mol. The molecule has 0 aliphatic carbocycles. The molecule has 0 aromatic heterocycles. The number of sulfonamides is 1. The van der Waals surface area contributed by atoms with Gasteiger partial charge >= 0.3 is 0 Å². The van der Waals surface area contributed by atoms with E-state index in [2.05, 4.69) is 4.90 Å². The van der Waals surface area contributed by atoms with Crippen molar-refractivity contribution in [3.8, 4) is 0 Å². The fraction of sp³-hybridized carbons (Fsp3) is 0.647. The number of nitrogens with zero attached hydrogens (tertiary/aromatic N) is 2. The number of rotatable bonds is 4. The molecule has 0 radical (unpaired) electrons. The molecule has 0 amide bonds. The van der Waals surface area contributed by atoms with Gasteiger partial charge in [0.15, 0.2) is 0 Å². The van der Waals surface area contributed by atoms with Gasteiger partial charge < -0.3 is 4.74 Å². The summed E-state index contributed by atoms with van der Waals surface area (Å²) >= 11 is 0. The van der Waals surface area contributed by atoms with Crippen LogP contribution in [0.2, 0.25) is 0 Å². The molecule has 5 nitrogen and oxygen atoms in total. The molecule has 0 N–H and O–H groups in total. The third kappa shape index (κ3) is 3.31. The van der Waals surface area contributed by atoms with Gasteiger partial charge in [0.2, 0.25) is 10.0 Å². The molecule has 1 aromatic rings. The minimum atomic E-state index is -3.41. The maximum atomic E-state index is 13.0. The number of fused-ring (bicyclic) bond motifs is 1. The van der Waals surface area contributed by atoms with E-state index in [0.29, 0.717) is 30.1 Å². The van der Waals surface area contributed by atoms with E-state index in [9.17, 15) is 8.42 Å². The molecule has 2 heterocycles. The van der Waals surface area contributed by atoms with Crippen LogP contribution in [0.15, 0.2) is 29.2 Å². The van der Waals surface area contributed by atoms with Crippen LogP contribution in [0.4, 0.5) is 0 Å². The highest BCUT2D eigenvalue weighted by Crippen LogP contribution is 2.31. The van der Waals surface area contributed by atoms with Crippen LogP contribution >= 0.6 is 0 Å². The van der Waals surface area contributed by atoms with Crippen molar-refractivity contribution in [1.82, 2.24) is 9.21 Å². The van der Waals surface area contributed by atoms with Gasteiger partial charge in [0.05, 0.1) is 11.5 Å². The average molecular weight is 338 g/mol. The lowest BCUT2D eigenvalue weighted by molar-refractivity contribution is -0.0402. The molecule has 1 aromatic carbocycles. The summed E-state index contributed by atoms with van der Waals surface area (Å²) in [6.45, 7) is 4.87. The Morgan fingerprint density at radius 1 is 1.22 bits per heavy atom. The van der Waals surface area contributed by atoms with Crippen LogP contribution in [0.25, 0.3) is 0 Å². The van der Waals surface area contributed by atoms with Crippen molar-refractivity contribution in [2.45, 2.75) is 43.2 Å². The molecule has 2 fully saturated rings. The van der Waals surface area contributed by atoms with Crippen molar-refractivity contribution in [3.63, 3.8) is 0 Å². The largest absolute Gasteiger partial charge is 0.383 e. The second-order valence-electron chi connectivity index (χ2n) is 6.57. The second kappa shape index (κ2) is 6.89. The Morgan fingerprint density at radius 3 is 2.70 bits per heavy atom. The standard InChI is InChI=1S/C17H26N2O3S/c1-14-7-3-4-8-17(14)23(20,21)18-9-5-6-10-19-15(12-18)11-16(19)13-22-2/h3-4,7-8,15-16H,5-6,9-13H2,1-2H3/t15-,16+/m1/s1. The molecular formula is C17H26N2O3S. The number of benzene rings is 1. The maximum Gasteiger partial charge on any atom is 0.243 e. The van der Waals surface area contributed by atoms with Gasteiger partial charge in [-0.3, -0.25) is 4.90 Å². The van der Waals surface area contributed by atoms with Gasteiger partial charge in [0.1, 0.15) is 0 Å². The predicted molar refractivity (Wildman–Crippen MR) is 89.9 cm³/mol. The summed E-state index contributed by atoms with van der Waals surface area (Å²) in [4.78, 5) is 2.86. The lowest BCUT2D eigenvalue weighted by atomic mass is 9.91. The molecule has 2 saturated heterocycles. The van der Waals surface area contributed by atoms with Gasteiger partial charge in [0, 0.05) is 32.3 Å². The van der Waals surface area contributed by atoms with E-state index in [4.69, 9.17) is 4.74 Å². The Hall–Kier alpha value is -0.950. The van der Waals surface area contributed by atoms with E-state index in [0.717, 1.165) is 38.0 Å². The van der Waals surface area contributed by atoms with Gasteiger partial charge in [-0.25, -0.2) is 8.42 Å². The summed E-state index contributed by atoms with van der Waals surface area (Å²) in [6, 6.07) is 8.04. The molecule has 0 unspecified atom stereocenters. The summed E-state index contributed by atoms with van der Waals surface area (Å²) in [7, 11) is -1.68. The number of ether oxygens (including phenoxy) is 1. The van der Waals surface area contributed by atoms with Crippen LogP contribution < -0.4 is 0 Å². The van der Waals surface area contributed by atoms with Gasteiger partial charge in [-0.1, -0.05) is 18.2 Å². The van der Waals surface area contributed by atoms with Crippen LogP contribution in [0.5, 0.6) is 0 Å². The molecule has 6 heteroatoms. The SMILES string of the molecule is COC[C@@H]1C[C@@H]2CN(S(=O)(=O)c3ccccc3C)CCCCN12. The number of hydrogen-bond donors (Lipinski definition) is 0. The van der Waals surface area contributed by atoms with E-state index < -0.39 is 10.0 Å². The van der Waals surface area contributed by atoms with E-state index in [1.54, 1.807) is 23.5 Å². The fourth-order valence-electron chi connectivity index (χ4n) is 3.76. The Kier molecular flexibility index (Phi) is 5.06. The number of aryl methyl sites for hydroxylation is 1. The average Bonchev–Trinajstić information content (AvgIpc) is 2.49. The smallest absolute Gasteiger partial charge is 0.243 e. The quantitative estimate of drug-likeness (QED) is 0.841. The zero-order chi connectivity index (χ0) is 16.4.